The number of pyridine rings is 1. The second kappa shape index (κ2) is 10.2. The highest BCUT2D eigenvalue weighted by Gasteiger charge is 1.99. The Morgan fingerprint density at radius 2 is 1.95 bits per heavy atom. The van der Waals surface area contributed by atoms with Crippen LogP contribution in [0, 0.1) is 0 Å². The second-order valence-corrected chi connectivity index (χ2v) is 4.33. The molecule has 21 heavy (non-hydrogen) atoms. The van der Waals surface area contributed by atoms with Gasteiger partial charge in [0.2, 0.25) is 0 Å². The molecular weight excluding hydrogens is 379 g/mol. The van der Waals surface area contributed by atoms with E-state index in [1.165, 1.54) is 0 Å². The van der Waals surface area contributed by atoms with E-state index >= 15 is 0 Å². The molecule has 6 heteroatoms. The first-order valence-corrected chi connectivity index (χ1v) is 6.75. The Morgan fingerprint density at radius 1 is 1.14 bits per heavy atom. The van der Waals surface area contributed by atoms with E-state index < -0.39 is 0 Å². The third kappa shape index (κ3) is 6.61. The van der Waals surface area contributed by atoms with Crippen molar-refractivity contribution in [2.45, 2.75) is 12.8 Å². The number of furan rings is 1. The molecule has 0 saturated heterocycles. The molecule has 0 unspecified atom stereocenters. The molecule has 0 bridgehead atoms. The zero-order valence-electron chi connectivity index (χ0n) is 12.1. The van der Waals surface area contributed by atoms with E-state index in [9.17, 15) is 0 Å². The van der Waals surface area contributed by atoms with Gasteiger partial charge in [-0.25, -0.2) is 0 Å². The summed E-state index contributed by atoms with van der Waals surface area (Å²) in [5.74, 6) is 1.77. The van der Waals surface area contributed by atoms with Crippen molar-refractivity contribution in [3.63, 3.8) is 0 Å². The van der Waals surface area contributed by atoms with Crippen LogP contribution in [0.4, 0.5) is 0 Å². The Bertz CT molecular complexity index is 514. The van der Waals surface area contributed by atoms with E-state index in [0.29, 0.717) is 0 Å². The molecule has 0 aliphatic rings. The summed E-state index contributed by atoms with van der Waals surface area (Å²) in [4.78, 5) is 8.47. The molecule has 2 aromatic heterocycles. The maximum absolute atomic E-state index is 5.28. The molecule has 0 amide bonds. The zero-order chi connectivity index (χ0) is 14.0. The fraction of sp³-hybridized carbons (Fsp3) is 0.333. The summed E-state index contributed by atoms with van der Waals surface area (Å²) in [5.41, 5.74) is 1.08. The molecule has 0 saturated carbocycles. The number of rotatable bonds is 6. The summed E-state index contributed by atoms with van der Waals surface area (Å²) in [6.07, 6.45) is 5.22. The van der Waals surface area contributed by atoms with Crippen molar-refractivity contribution >= 4 is 29.9 Å². The molecule has 2 aromatic rings. The third-order valence-corrected chi connectivity index (χ3v) is 2.87. The molecule has 0 aromatic carbocycles. The van der Waals surface area contributed by atoms with Crippen LogP contribution < -0.4 is 10.6 Å². The van der Waals surface area contributed by atoms with Crippen LogP contribution >= 0.6 is 24.0 Å². The minimum absolute atomic E-state index is 0. The SMILES string of the molecule is CN=C(NCCc1ccccn1)NCCc1ccco1.I. The molecule has 0 aliphatic heterocycles. The average molecular weight is 400 g/mol. The highest BCUT2D eigenvalue weighted by Crippen LogP contribution is 1.99. The topological polar surface area (TPSA) is 62.5 Å². The summed E-state index contributed by atoms with van der Waals surface area (Å²) in [5, 5.41) is 6.52. The van der Waals surface area contributed by atoms with E-state index in [1.807, 2.05) is 36.5 Å². The smallest absolute Gasteiger partial charge is 0.191 e. The van der Waals surface area contributed by atoms with Gasteiger partial charge in [-0.05, 0) is 24.3 Å². The summed E-state index contributed by atoms with van der Waals surface area (Å²) in [6.45, 7) is 1.59. The Labute approximate surface area is 142 Å². The number of aromatic nitrogens is 1. The van der Waals surface area contributed by atoms with Crippen LogP contribution in [0.25, 0.3) is 0 Å². The van der Waals surface area contributed by atoms with Crippen LogP contribution in [0.15, 0.2) is 52.2 Å². The first-order chi connectivity index (χ1) is 9.88. The molecule has 0 spiro atoms. The molecule has 2 rings (SSSR count). The van der Waals surface area contributed by atoms with Crippen LogP contribution in [0.2, 0.25) is 0 Å². The Hall–Kier alpha value is -1.57. The Morgan fingerprint density at radius 3 is 2.57 bits per heavy atom. The van der Waals surface area contributed by atoms with Crippen molar-refractivity contribution in [3.8, 4) is 0 Å². The molecule has 0 fully saturated rings. The van der Waals surface area contributed by atoms with Crippen LogP contribution in [-0.2, 0) is 12.8 Å². The molecule has 0 atom stereocenters. The first kappa shape index (κ1) is 17.5. The standard InChI is InChI=1S/C15H20N4O.HI/c1-16-15(19-11-8-14-6-4-12-20-14)18-10-7-13-5-2-3-9-17-13;/h2-6,9,12H,7-8,10-11H2,1H3,(H2,16,18,19);1H. The molecule has 0 radical (unpaired) electrons. The number of hydrogen-bond acceptors (Lipinski definition) is 3. The van der Waals surface area contributed by atoms with Crippen LogP contribution in [0.1, 0.15) is 11.5 Å². The number of nitrogens with zero attached hydrogens (tertiary/aromatic N) is 2. The minimum atomic E-state index is 0. The van der Waals surface area contributed by atoms with Gasteiger partial charge in [0.1, 0.15) is 5.76 Å². The van der Waals surface area contributed by atoms with E-state index in [2.05, 4.69) is 20.6 Å². The van der Waals surface area contributed by atoms with Gasteiger partial charge in [-0.3, -0.25) is 9.98 Å². The Kier molecular flexibility index (Phi) is 8.49. The van der Waals surface area contributed by atoms with Gasteiger partial charge in [-0.15, -0.1) is 24.0 Å². The van der Waals surface area contributed by atoms with Crippen molar-refractivity contribution in [3.05, 3.63) is 54.2 Å². The lowest BCUT2D eigenvalue weighted by Crippen LogP contribution is -2.39. The van der Waals surface area contributed by atoms with Crippen molar-refractivity contribution in [2.24, 2.45) is 4.99 Å². The zero-order valence-corrected chi connectivity index (χ0v) is 14.4. The van der Waals surface area contributed by atoms with E-state index in [-0.39, 0.29) is 24.0 Å². The molecule has 5 nitrogen and oxygen atoms in total. The van der Waals surface area contributed by atoms with Gasteiger partial charge in [-0.1, -0.05) is 6.07 Å². The molecule has 2 heterocycles. The van der Waals surface area contributed by atoms with Gasteiger partial charge in [-0.2, -0.15) is 0 Å². The quantitative estimate of drug-likeness (QED) is 0.444. The van der Waals surface area contributed by atoms with Gasteiger partial charge in [0.25, 0.3) is 0 Å². The van der Waals surface area contributed by atoms with Gasteiger partial charge in [0.05, 0.1) is 6.26 Å². The molecule has 114 valence electrons. The number of hydrogen-bond donors (Lipinski definition) is 2. The third-order valence-electron chi connectivity index (χ3n) is 2.87. The predicted molar refractivity (Wildman–Crippen MR) is 95.1 cm³/mol. The largest absolute Gasteiger partial charge is 0.469 e. The number of nitrogens with one attached hydrogen (secondary N) is 2. The fourth-order valence-electron chi connectivity index (χ4n) is 1.83. The van der Waals surface area contributed by atoms with Crippen LogP contribution in [0.3, 0.4) is 0 Å². The summed E-state index contributed by atoms with van der Waals surface area (Å²) < 4.78 is 5.28. The first-order valence-electron chi connectivity index (χ1n) is 6.75. The minimum Gasteiger partial charge on any atom is -0.469 e. The highest BCUT2D eigenvalue weighted by molar-refractivity contribution is 14.0. The molecule has 2 N–H and O–H groups in total. The van der Waals surface area contributed by atoms with Gasteiger partial charge >= 0.3 is 0 Å². The molecular formula is C15H21IN4O. The van der Waals surface area contributed by atoms with E-state index in [4.69, 9.17) is 4.42 Å². The number of guanidine groups is 1. The summed E-state index contributed by atoms with van der Waals surface area (Å²) in [6, 6.07) is 9.81. The maximum atomic E-state index is 5.28. The van der Waals surface area contributed by atoms with Crippen LogP contribution in [0.5, 0.6) is 0 Å². The Balaban J connectivity index is 0.00000220. The predicted octanol–water partition coefficient (Wildman–Crippen LogP) is 2.24. The van der Waals surface area contributed by atoms with Crippen molar-refractivity contribution in [1.82, 2.24) is 15.6 Å². The van der Waals surface area contributed by atoms with Crippen molar-refractivity contribution in [1.29, 1.82) is 0 Å². The van der Waals surface area contributed by atoms with Crippen LogP contribution in [-0.4, -0.2) is 31.1 Å². The maximum Gasteiger partial charge on any atom is 0.191 e. The average Bonchev–Trinajstić information content (AvgIpc) is 3.00. The lowest BCUT2D eigenvalue weighted by Gasteiger charge is -2.11. The second-order valence-electron chi connectivity index (χ2n) is 4.33. The normalized spacial score (nSPS) is 10.8. The monoisotopic (exact) mass is 400 g/mol. The van der Waals surface area contributed by atoms with E-state index in [0.717, 1.165) is 43.3 Å². The lowest BCUT2D eigenvalue weighted by atomic mass is 10.3. The molecule has 0 aliphatic carbocycles. The van der Waals surface area contributed by atoms with Crippen molar-refractivity contribution in [2.75, 3.05) is 20.1 Å². The van der Waals surface area contributed by atoms with E-state index in [1.54, 1.807) is 13.3 Å². The van der Waals surface area contributed by atoms with Gasteiger partial charge < -0.3 is 15.1 Å². The lowest BCUT2D eigenvalue weighted by molar-refractivity contribution is 0.507. The summed E-state index contributed by atoms with van der Waals surface area (Å²) >= 11 is 0. The van der Waals surface area contributed by atoms with Gasteiger partial charge in [0.15, 0.2) is 5.96 Å². The number of halogens is 1. The number of aliphatic imine (C=N–C) groups is 1. The summed E-state index contributed by atoms with van der Waals surface area (Å²) in [7, 11) is 1.77. The highest BCUT2D eigenvalue weighted by atomic mass is 127. The fourth-order valence-corrected chi connectivity index (χ4v) is 1.83. The van der Waals surface area contributed by atoms with Gasteiger partial charge in [0, 0.05) is 44.9 Å². The van der Waals surface area contributed by atoms with Crippen molar-refractivity contribution < 1.29 is 4.42 Å².